The predicted molar refractivity (Wildman–Crippen MR) is 99.2 cm³/mol. The SMILES string of the molecule is Fc1ccccc1Cn1nc(-c2ccccn2)c(Cl)c1-c1ccccn1. The van der Waals surface area contributed by atoms with Gasteiger partial charge in [-0.15, -0.1) is 0 Å². The first-order chi connectivity index (χ1) is 12.7. The maximum absolute atomic E-state index is 14.1. The summed E-state index contributed by atoms with van der Waals surface area (Å²) < 4.78 is 15.8. The van der Waals surface area contributed by atoms with Crippen molar-refractivity contribution < 1.29 is 4.39 Å². The number of pyridine rings is 2. The summed E-state index contributed by atoms with van der Waals surface area (Å²) in [6.07, 6.45) is 3.37. The Bertz CT molecular complexity index is 1030. The molecule has 4 rings (SSSR count). The molecule has 3 heterocycles. The lowest BCUT2D eigenvalue weighted by molar-refractivity contribution is 0.587. The molecule has 0 fully saturated rings. The van der Waals surface area contributed by atoms with E-state index in [0.717, 1.165) is 0 Å². The second-order valence-corrected chi connectivity index (χ2v) is 6.07. The van der Waals surface area contributed by atoms with Gasteiger partial charge in [-0.25, -0.2) is 4.39 Å². The molecule has 0 radical (unpaired) electrons. The Balaban J connectivity index is 1.88. The lowest BCUT2D eigenvalue weighted by atomic mass is 10.2. The Morgan fingerprint density at radius 2 is 1.50 bits per heavy atom. The molecule has 4 aromatic rings. The quantitative estimate of drug-likeness (QED) is 0.520. The summed E-state index contributed by atoms with van der Waals surface area (Å²) in [6, 6.07) is 17.7. The molecule has 0 saturated heterocycles. The summed E-state index contributed by atoms with van der Waals surface area (Å²) >= 11 is 6.65. The van der Waals surface area contributed by atoms with Crippen LogP contribution in [0.4, 0.5) is 4.39 Å². The van der Waals surface area contributed by atoms with Crippen LogP contribution in [0.3, 0.4) is 0 Å². The summed E-state index contributed by atoms with van der Waals surface area (Å²) in [4.78, 5) is 8.71. The summed E-state index contributed by atoms with van der Waals surface area (Å²) in [5.74, 6) is -0.287. The minimum absolute atomic E-state index is 0.241. The molecule has 1 aromatic carbocycles. The van der Waals surface area contributed by atoms with Gasteiger partial charge in [-0.05, 0) is 30.3 Å². The molecule has 26 heavy (non-hydrogen) atoms. The van der Waals surface area contributed by atoms with Crippen LogP contribution in [0.15, 0.2) is 73.1 Å². The van der Waals surface area contributed by atoms with E-state index in [1.54, 1.807) is 35.3 Å². The van der Waals surface area contributed by atoms with Crippen molar-refractivity contribution in [2.75, 3.05) is 0 Å². The number of rotatable bonds is 4. The number of hydrogen-bond acceptors (Lipinski definition) is 3. The summed E-state index contributed by atoms with van der Waals surface area (Å²) in [6.45, 7) is 0.241. The monoisotopic (exact) mass is 364 g/mol. The van der Waals surface area contributed by atoms with E-state index in [4.69, 9.17) is 11.6 Å². The van der Waals surface area contributed by atoms with Crippen molar-refractivity contribution in [2.24, 2.45) is 0 Å². The molecular formula is C20H14ClFN4. The van der Waals surface area contributed by atoms with E-state index in [9.17, 15) is 4.39 Å². The highest BCUT2D eigenvalue weighted by Gasteiger charge is 2.21. The molecule has 0 saturated carbocycles. The van der Waals surface area contributed by atoms with Gasteiger partial charge in [-0.1, -0.05) is 41.9 Å². The molecule has 0 unspecified atom stereocenters. The van der Waals surface area contributed by atoms with Gasteiger partial charge < -0.3 is 0 Å². The van der Waals surface area contributed by atoms with Crippen molar-refractivity contribution in [2.45, 2.75) is 6.54 Å². The topological polar surface area (TPSA) is 43.6 Å². The minimum Gasteiger partial charge on any atom is -0.256 e. The number of benzene rings is 1. The zero-order valence-electron chi connectivity index (χ0n) is 13.7. The van der Waals surface area contributed by atoms with Crippen LogP contribution in [0.5, 0.6) is 0 Å². The average molecular weight is 365 g/mol. The van der Waals surface area contributed by atoms with Crippen LogP contribution in [0.1, 0.15) is 5.56 Å². The molecule has 4 nitrogen and oxygen atoms in total. The van der Waals surface area contributed by atoms with Gasteiger partial charge in [0.25, 0.3) is 0 Å². The van der Waals surface area contributed by atoms with E-state index >= 15 is 0 Å². The highest BCUT2D eigenvalue weighted by molar-refractivity contribution is 6.35. The fourth-order valence-corrected chi connectivity index (χ4v) is 3.09. The van der Waals surface area contributed by atoms with Crippen LogP contribution >= 0.6 is 11.6 Å². The zero-order valence-corrected chi connectivity index (χ0v) is 14.4. The third kappa shape index (κ3) is 3.09. The van der Waals surface area contributed by atoms with Gasteiger partial charge in [0.2, 0.25) is 0 Å². The van der Waals surface area contributed by atoms with Crippen LogP contribution in [0, 0.1) is 5.82 Å². The predicted octanol–water partition coefficient (Wildman–Crippen LogP) is 4.85. The van der Waals surface area contributed by atoms with Crippen LogP contribution in [-0.2, 0) is 6.54 Å². The molecule has 0 aliphatic heterocycles. The van der Waals surface area contributed by atoms with Crippen molar-refractivity contribution in [3.05, 3.63) is 89.5 Å². The van der Waals surface area contributed by atoms with Crippen molar-refractivity contribution in [1.82, 2.24) is 19.7 Å². The van der Waals surface area contributed by atoms with E-state index in [1.807, 2.05) is 36.4 Å². The van der Waals surface area contributed by atoms with Gasteiger partial charge in [0.15, 0.2) is 0 Å². The normalized spacial score (nSPS) is 10.8. The van der Waals surface area contributed by atoms with E-state index in [0.29, 0.717) is 33.4 Å². The standard InChI is InChI=1S/C20H14ClFN4/c21-18-19(16-9-3-5-11-23-16)25-26(13-14-7-1-2-8-15(14)22)20(18)17-10-4-6-12-24-17/h1-12H,13H2. The first-order valence-corrected chi connectivity index (χ1v) is 8.44. The first-order valence-electron chi connectivity index (χ1n) is 8.06. The van der Waals surface area contributed by atoms with Crippen LogP contribution in [0.2, 0.25) is 5.02 Å². The zero-order chi connectivity index (χ0) is 17.9. The molecule has 128 valence electrons. The van der Waals surface area contributed by atoms with Crippen molar-refractivity contribution >= 4 is 11.6 Å². The van der Waals surface area contributed by atoms with E-state index in [-0.39, 0.29) is 12.4 Å². The Kier molecular flexibility index (Phi) is 4.46. The smallest absolute Gasteiger partial charge is 0.130 e. The van der Waals surface area contributed by atoms with Gasteiger partial charge in [-0.2, -0.15) is 5.10 Å². The van der Waals surface area contributed by atoms with Gasteiger partial charge in [0, 0.05) is 18.0 Å². The molecule has 3 aromatic heterocycles. The van der Waals surface area contributed by atoms with Gasteiger partial charge in [-0.3, -0.25) is 14.6 Å². The molecule has 0 atom stereocenters. The third-order valence-electron chi connectivity index (χ3n) is 3.99. The number of nitrogens with zero attached hydrogens (tertiary/aromatic N) is 4. The Morgan fingerprint density at radius 1 is 0.846 bits per heavy atom. The fraction of sp³-hybridized carbons (Fsp3) is 0.0500. The second-order valence-electron chi connectivity index (χ2n) is 5.69. The van der Waals surface area contributed by atoms with Crippen molar-refractivity contribution in [3.63, 3.8) is 0 Å². The Labute approximate surface area is 154 Å². The molecule has 0 aliphatic carbocycles. The number of halogens is 2. The van der Waals surface area contributed by atoms with Crippen molar-refractivity contribution in [3.8, 4) is 22.8 Å². The van der Waals surface area contributed by atoms with Crippen LogP contribution in [0.25, 0.3) is 22.8 Å². The maximum atomic E-state index is 14.1. The van der Waals surface area contributed by atoms with Crippen LogP contribution in [-0.4, -0.2) is 19.7 Å². The molecule has 0 amide bonds. The highest BCUT2D eigenvalue weighted by atomic mass is 35.5. The minimum atomic E-state index is -0.287. The molecule has 6 heteroatoms. The van der Waals surface area contributed by atoms with E-state index in [1.165, 1.54) is 6.07 Å². The van der Waals surface area contributed by atoms with Gasteiger partial charge in [0.05, 0.1) is 23.0 Å². The van der Waals surface area contributed by atoms with Crippen molar-refractivity contribution in [1.29, 1.82) is 0 Å². The lowest BCUT2D eigenvalue weighted by Crippen LogP contribution is -2.06. The van der Waals surface area contributed by atoms with Gasteiger partial charge >= 0.3 is 0 Å². The molecular weight excluding hydrogens is 351 g/mol. The average Bonchev–Trinajstić information content (AvgIpc) is 3.01. The summed E-state index contributed by atoms with van der Waals surface area (Å²) in [5.41, 5.74) is 3.03. The van der Waals surface area contributed by atoms with Crippen LogP contribution < -0.4 is 0 Å². The highest BCUT2D eigenvalue weighted by Crippen LogP contribution is 2.35. The first kappa shape index (κ1) is 16.4. The third-order valence-corrected chi connectivity index (χ3v) is 4.35. The number of aromatic nitrogens is 4. The fourth-order valence-electron chi connectivity index (χ4n) is 2.76. The number of hydrogen-bond donors (Lipinski definition) is 0. The lowest BCUT2D eigenvalue weighted by Gasteiger charge is -2.08. The van der Waals surface area contributed by atoms with E-state index in [2.05, 4.69) is 15.1 Å². The van der Waals surface area contributed by atoms with Gasteiger partial charge in [0.1, 0.15) is 17.2 Å². The Morgan fingerprint density at radius 3 is 2.15 bits per heavy atom. The molecule has 0 aliphatic rings. The summed E-state index contributed by atoms with van der Waals surface area (Å²) in [7, 11) is 0. The Hall–Kier alpha value is -3.05. The van der Waals surface area contributed by atoms with E-state index < -0.39 is 0 Å². The molecule has 0 bridgehead atoms. The second kappa shape index (κ2) is 7.06. The largest absolute Gasteiger partial charge is 0.256 e. The maximum Gasteiger partial charge on any atom is 0.130 e. The summed E-state index contributed by atoms with van der Waals surface area (Å²) in [5, 5.41) is 5.05. The molecule has 0 spiro atoms. The molecule has 0 N–H and O–H groups in total.